The summed E-state index contributed by atoms with van der Waals surface area (Å²) in [6.07, 6.45) is 3.64. The van der Waals surface area contributed by atoms with Gasteiger partial charge in [0.2, 0.25) is 0 Å². The Morgan fingerprint density at radius 3 is 2.64 bits per heavy atom. The molecule has 1 aromatic carbocycles. The van der Waals surface area contributed by atoms with Gasteiger partial charge in [0.1, 0.15) is 5.75 Å². The first-order chi connectivity index (χ1) is 6.81. The zero-order chi connectivity index (χ0) is 9.97. The maximum absolute atomic E-state index is 9.16. The Kier molecular flexibility index (Phi) is 2.23. The Balaban J connectivity index is 2.44. The Labute approximate surface area is 82.7 Å². The minimum absolute atomic E-state index is 0.288. The summed E-state index contributed by atoms with van der Waals surface area (Å²) in [6.45, 7) is 2.97. The Hall–Kier alpha value is -1.77. The third-order valence-corrected chi connectivity index (χ3v) is 2.22. The summed E-state index contributed by atoms with van der Waals surface area (Å²) in [5, 5.41) is 9.16. The van der Waals surface area contributed by atoms with Crippen molar-refractivity contribution in [2.45, 2.75) is 13.5 Å². The molecule has 3 nitrogen and oxygen atoms in total. The molecule has 1 heterocycles. The summed E-state index contributed by atoms with van der Waals surface area (Å²) >= 11 is 0. The molecule has 0 aliphatic carbocycles. The van der Waals surface area contributed by atoms with Crippen LogP contribution in [0.2, 0.25) is 0 Å². The molecule has 0 aliphatic rings. The number of hydrogen-bond donors (Lipinski definition) is 1. The van der Waals surface area contributed by atoms with Crippen LogP contribution in [0.4, 0.5) is 0 Å². The lowest BCUT2D eigenvalue weighted by molar-refractivity contribution is 0.475. The molecule has 0 bridgehead atoms. The summed E-state index contributed by atoms with van der Waals surface area (Å²) in [7, 11) is 0. The normalized spacial score (nSPS) is 10.4. The first-order valence-electron chi connectivity index (χ1n) is 4.61. The highest BCUT2D eigenvalue weighted by atomic mass is 16.3. The number of rotatable bonds is 2. The van der Waals surface area contributed by atoms with E-state index in [2.05, 4.69) is 16.5 Å². The van der Waals surface area contributed by atoms with Gasteiger partial charge in [-0.15, -0.1) is 0 Å². The molecule has 72 valence electrons. The van der Waals surface area contributed by atoms with E-state index in [1.165, 1.54) is 0 Å². The maximum atomic E-state index is 9.16. The van der Waals surface area contributed by atoms with Crippen molar-refractivity contribution in [3.63, 3.8) is 0 Å². The van der Waals surface area contributed by atoms with Crippen LogP contribution in [0, 0.1) is 0 Å². The molecule has 2 aromatic rings. The van der Waals surface area contributed by atoms with Gasteiger partial charge in [0.15, 0.2) is 0 Å². The predicted molar refractivity (Wildman–Crippen MR) is 55.0 cm³/mol. The van der Waals surface area contributed by atoms with Crippen molar-refractivity contribution in [3.05, 3.63) is 36.8 Å². The number of phenols is 1. The van der Waals surface area contributed by atoms with Gasteiger partial charge in [-0.25, -0.2) is 4.98 Å². The van der Waals surface area contributed by atoms with Gasteiger partial charge >= 0.3 is 0 Å². The highest BCUT2D eigenvalue weighted by Crippen LogP contribution is 2.21. The summed E-state index contributed by atoms with van der Waals surface area (Å²) in [6, 6.07) is 7.14. The highest BCUT2D eigenvalue weighted by molar-refractivity contribution is 5.59. The van der Waals surface area contributed by atoms with Gasteiger partial charge in [0.05, 0.1) is 18.2 Å². The number of imidazole rings is 1. The standard InChI is InChI=1S/C11H12N2O/c1-2-13-8-12-7-11(13)9-3-5-10(14)6-4-9/h3-8,14H,2H2,1H3. The van der Waals surface area contributed by atoms with Crippen molar-refractivity contribution in [1.29, 1.82) is 0 Å². The number of nitrogens with zero attached hydrogens (tertiary/aromatic N) is 2. The van der Waals surface area contributed by atoms with Crippen molar-refractivity contribution >= 4 is 0 Å². The lowest BCUT2D eigenvalue weighted by Crippen LogP contribution is -1.94. The molecule has 2 rings (SSSR count). The zero-order valence-electron chi connectivity index (χ0n) is 8.01. The third-order valence-electron chi connectivity index (χ3n) is 2.22. The quantitative estimate of drug-likeness (QED) is 0.785. The van der Waals surface area contributed by atoms with Crippen LogP contribution in [0.3, 0.4) is 0 Å². The predicted octanol–water partition coefficient (Wildman–Crippen LogP) is 2.28. The van der Waals surface area contributed by atoms with Crippen molar-refractivity contribution in [1.82, 2.24) is 9.55 Å². The van der Waals surface area contributed by atoms with E-state index in [4.69, 9.17) is 5.11 Å². The van der Waals surface area contributed by atoms with Gasteiger partial charge in [-0.2, -0.15) is 0 Å². The molecular formula is C11H12N2O. The minimum atomic E-state index is 0.288. The average Bonchev–Trinajstić information content (AvgIpc) is 2.67. The van der Waals surface area contributed by atoms with Gasteiger partial charge in [-0.3, -0.25) is 0 Å². The summed E-state index contributed by atoms with van der Waals surface area (Å²) in [5.41, 5.74) is 2.15. The number of hydrogen-bond acceptors (Lipinski definition) is 2. The Morgan fingerprint density at radius 1 is 1.29 bits per heavy atom. The highest BCUT2D eigenvalue weighted by Gasteiger charge is 2.02. The number of aromatic nitrogens is 2. The third kappa shape index (κ3) is 1.48. The van der Waals surface area contributed by atoms with Gasteiger partial charge in [-0.05, 0) is 31.2 Å². The molecule has 0 saturated carbocycles. The molecule has 3 heteroatoms. The lowest BCUT2D eigenvalue weighted by Gasteiger charge is -2.04. The fourth-order valence-electron chi connectivity index (χ4n) is 1.45. The molecule has 0 saturated heterocycles. The smallest absolute Gasteiger partial charge is 0.115 e. The number of aromatic hydroxyl groups is 1. The maximum Gasteiger partial charge on any atom is 0.115 e. The topological polar surface area (TPSA) is 38.0 Å². The van der Waals surface area contributed by atoms with E-state index in [1.807, 2.05) is 24.7 Å². The molecule has 0 unspecified atom stereocenters. The average molecular weight is 188 g/mol. The summed E-state index contributed by atoms with van der Waals surface area (Å²) < 4.78 is 2.06. The van der Waals surface area contributed by atoms with Crippen molar-refractivity contribution < 1.29 is 5.11 Å². The van der Waals surface area contributed by atoms with Crippen LogP contribution in [0.5, 0.6) is 5.75 Å². The van der Waals surface area contributed by atoms with Crippen molar-refractivity contribution in [2.75, 3.05) is 0 Å². The van der Waals surface area contributed by atoms with E-state index in [1.54, 1.807) is 12.1 Å². The molecule has 0 atom stereocenters. The first-order valence-corrected chi connectivity index (χ1v) is 4.61. The fourth-order valence-corrected chi connectivity index (χ4v) is 1.45. The van der Waals surface area contributed by atoms with Crippen LogP contribution in [-0.2, 0) is 6.54 Å². The van der Waals surface area contributed by atoms with Gasteiger partial charge in [0.25, 0.3) is 0 Å². The van der Waals surface area contributed by atoms with E-state index in [0.29, 0.717) is 0 Å². The molecule has 14 heavy (non-hydrogen) atoms. The molecule has 0 aliphatic heterocycles. The Morgan fingerprint density at radius 2 is 2.00 bits per heavy atom. The number of benzene rings is 1. The summed E-state index contributed by atoms with van der Waals surface area (Å²) in [5.74, 6) is 0.288. The molecule has 1 aromatic heterocycles. The lowest BCUT2D eigenvalue weighted by atomic mass is 10.1. The van der Waals surface area contributed by atoms with E-state index in [0.717, 1.165) is 17.8 Å². The van der Waals surface area contributed by atoms with Crippen LogP contribution < -0.4 is 0 Å². The van der Waals surface area contributed by atoms with Crippen LogP contribution >= 0.6 is 0 Å². The molecule has 0 radical (unpaired) electrons. The molecule has 0 fully saturated rings. The SMILES string of the molecule is CCn1cncc1-c1ccc(O)cc1. The second-order valence-corrected chi connectivity index (χ2v) is 3.11. The van der Waals surface area contributed by atoms with E-state index in [9.17, 15) is 0 Å². The Bertz CT molecular complexity index is 417. The fraction of sp³-hybridized carbons (Fsp3) is 0.182. The van der Waals surface area contributed by atoms with Gasteiger partial charge in [0, 0.05) is 12.1 Å². The van der Waals surface area contributed by atoms with Gasteiger partial charge in [-0.1, -0.05) is 0 Å². The number of aryl methyl sites for hydroxylation is 1. The van der Waals surface area contributed by atoms with Crippen LogP contribution in [0.25, 0.3) is 11.3 Å². The zero-order valence-corrected chi connectivity index (χ0v) is 8.01. The van der Waals surface area contributed by atoms with Crippen molar-refractivity contribution in [2.24, 2.45) is 0 Å². The molecular weight excluding hydrogens is 176 g/mol. The largest absolute Gasteiger partial charge is 0.508 e. The van der Waals surface area contributed by atoms with Gasteiger partial charge < -0.3 is 9.67 Å². The first kappa shape index (κ1) is 8.81. The van der Waals surface area contributed by atoms with Crippen molar-refractivity contribution in [3.8, 4) is 17.0 Å². The minimum Gasteiger partial charge on any atom is -0.508 e. The van der Waals surface area contributed by atoms with E-state index < -0.39 is 0 Å². The second-order valence-electron chi connectivity index (χ2n) is 3.11. The molecule has 0 spiro atoms. The summed E-state index contributed by atoms with van der Waals surface area (Å²) in [4.78, 5) is 4.09. The molecule has 0 amide bonds. The monoisotopic (exact) mass is 188 g/mol. The van der Waals surface area contributed by atoms with E-state index >= 15 is 0 Å². The van der Waals surface area contributed by atoms with Crippen LogP contribution in [0.1, 0.15) is 6.92 Å². The van der Waals surface area contributed by atoms with Crippen LogP contribution in [0.15, 0.2) is 36.8 Å². The number of phenolic OH excluding ortho intramolecular Hbond substituents is 1. The molecule has 1 N–H and O–H groups in total. The van der Waals surface area contributed by atoms with E-state index in [-0.39, 0.29) is 5.75 Å². The second kappa shape index (κ2) is 3.54. The van der Waals surface area contributed by atoms with Crippen LogP contribution in [-0.4, -0.2) is 14.7 Å².